The van der Waals surface area contributed by atoms with E-state index in [9.17, 15) is 0 Å². The van der Waals surface area contributed by atoms with Gasteiger partial charge in [-0.05, 0) is 34.1 Å². The number of hydrogen-bond donors (Lipinski definition) is 1. The number of nitrogens with one attached hydrogen (secondary N) is 1. The zero-order valence-electron chi connectivity index (χ0n) is 6.68. The van der Waals surface area contributed by atoms with Crippen molar-refractivity contribution in [1.29, 1.82) is 0 Å². The van der Waals surface area contributed by atoms with Gasteiger partial charge in [-0.2, -0.15) is 4.79 Å². The Kier molecular flexibility index (Phi) is 2.27. The highest BCUT2D eigenvalue weighted by Gasteiger charge is 1.94. The van der Waals surface area contributed by atoms with Crippen molar-refractivity contribution < 1.29 is 0 Å². The molecule has 4 nitrogen and oxygen atoms in total. The molecule has 0 saturated carbocycles. The van der Waals surface area contributed by atoms with Crippen molar-refractivity contribution in [2.75, 3.05) is 5.43 Å². The van der Waals surface area contributed by atoms with Gasteiger partial charge in [-0.1, -0.05) is 0 Å². The van der Waals surface area contributed by atoms with Crippen molar-refractivity contribution in [2.45, 2.75) is 0 Å². The minimum absolute atomic E-state index is 0.795. The first-order chi connectivity index (χ1) is 6.34. The van der Waals surface area contributed by atoms with Crippen LogP contribution in [0.3, 0.4) is 0 Å². The van der Waals surface area contributed by atoms with E-state index < -0.39 is 0 Å². The number of pyridine rings is 1. The van der Waals surface area contributed by atoms with Gasteiger partial charge in [-0.3, -0.25) is 10.4 Å². The lowest BCUT2D eigenvalue weighted by atomic mass is 10.4. The third-order valence-corrected chi connectivity index (χ3v) is 1.88. The number of halogens is 1. The summed E-state index contributed by atoms with van der Waals surface area (Å²) < 4.78 is 0.795. The van der Waals surface area contributed by atoms with Crippen LogP contribution in [0.15, 0.2) is 41.4 Å². The van der Waals surface area contributed by atoms with E-state index >= 15 is 0 Å². The molecule has 2 rings (SSSR count). The number of rotatable bonds is 2. The molecule has 0 spiro atoms. The van der Waals surface area contributed by atoms with Gasteiger partial charge in [0.15, 0.2) is 0 Å². The predicted molar refractivity (Wildman–Crippen MR) is 53.2 cm³/mol. The summed E-state index contributed by atoms with van der Waals surface area (Å²) in [4.78, 5) is 5.58. The second-order valence-electron chi connectivity index (χ2n) is 2.44. The summed E-state index contributed by atoms with van der Waals surface area (Å²) in [5.41, 5.74) is 3.94. The molecule has 2 aromatic rings. The Balaban J connectivity index is 2.15. The largest absolute Gasteiger partial charge is 0.277 e. The van der Waals surface area contributed by atoms with Crippen molar-refractivity contribution in [3.05, 3.63) is 41.4 Å². The average Bonchev–Trinajstić information content (AvgIpc) is 2.53. The topological polar surface area (TPSA) is 42.7 Å². The molecule has 2 aromatic heterocycles. The van der Waals surface area contributed by atoms with E-state index in [1.165, 1.54) is 0 Å². The van der Waals surface area contributed by atoms with Crippen LogP contribution in [0.5, 0.6) is 0 Å². The van der Waals surface area contributed by atoms with Gasteiger partial charge in [0.1, 0.15) is 4.60 Å². The SMILES string of the molecule is Brc1ccn(Nc2cccnc2)n1. The van der Waals surface area contributed by atoms with Gasteiger partial charge in [-0.25, -0.2) is 0 Å². The highest BCUT2D eigenvalue weighted by molar-refractivity contribution is 9.10. The molecule has 0 aliphatic rings. The standard InChI is InChI=1S/C8H7BrN4/c9-8-3-5-13(12-8)11-7-2-1-4-10-6-7/h1-6,11H. The fourth-order valence-corrected chi connectivity index (χ4v) is 1.21. The van der Waals surface area contributed by atoms with E-state index in [0.717, 1.165) is 10.3 Å². The monoisotopic (exact) mass is 238 g/mol. The van der Waals surface area contributed by atoms with Crippen molar-refractivity contribution >= 4 is 21.6 Å². The van der Waals surface area contributed by atoms with Crippen molar-refractivity contribution in [3.63, 3.8) is 0 Å². The van der Waals surface area contributed by atoms with Crippen LogP contribution in [0, 0.1) is 0 Å². The Morgan fingerprint density at radius 3 is 2.92 bits per heavy atom. The van der Waals surface area contributed by atoms with E-state index in [-0.39, 0.29) is 0 Å². The first-order valence-corrected chi connectivity index (χ1v) is 4.52. The molecule has 0 aromatic carbocycles. The smallest absolute Gasteiger partial charge is 0.130 e. The normalized spacial score (nSPS) is 9.92. The van der Waals surface area contributed by atoms with Crippen LogP contribution in [0.25, 0.3) is 0 Å². The molecule has 0 amide bonds. The van der Waals surface area contributed by atoms with Crippen LogP contribution in [0.4, 0.5) is 5.69 Å². The first kappa shape index (κ1) is 8.25. The molecule has 0 saturated heterocycles. The van der Waals surface area contributed by atoms with Crippen LogP contribution in [0.2, 0.25) is 0 Å². The highest BCUT2D eigenvalue weighted by atomic mass is 79.9. The van der Waals surface area contributed by atoms with Crippen LogP contribution < -0.4 is 5.43 Å². The summed E-state index contributed by atoms with van der Waals surface area (Å²) in [6.45, 7) is 0. The van der Waals surface area contributed by atoms with E-state index in [2.05, 4.69) is 31.4 Å². The summed E-state index contributed by atoms with van der Waals surface area (Å²) in [6.07, 6.45) is 5.27. The van der Waals surface area contributed by atoms with Gasteiger partial charge in [0.2, 0.25) is 0 Å². The molecule has 0 bridgehead atoms. The van der Waals surface area contributed by atoms with E-state index in [1.807, 2.05) is 24.4 Å². The summed E-state index contributed by atoms with van der Waals surface area (Å²) >= 11 is 3.26. The second-order valence-corrected chi connectivity index (χ2v) is 3.25. The minimum Gasteiger partial charge on any atom is -0.277 e. The lowest BCUT2D eigenvalue weighted by Crippen LogP contribution is -2.09. The molecule has 66 valence electrons. The second kappa shape index (κ2) is 3.57. The van der Waals surface area contributed by atoms with Crippen LogP contribution in [-0.4, -0.2) is 14.9 Å². The number of anilines is 1. The number of nitrogens with zero attached hydrogens (tertiary/aromatic N) is 3. The van der Waals surface area contributed by atoms with Crippen LogP contribution >= 0.6 is 15.9 Å². The molecule has 2 heterocycles. The number of hydrogen-bond acceptors (Lipinski definition) is 3. The Bertz CT molecular complexity index is 384. The van der Waals surface area contributed by atoms with Gasteiger partial charge in [-0.15, -0.1) is 5.10 Å². The van der Waals surface area contributed by atoms with Crippen molar-refractivity contribution in [3.8, 4) is 0 Å². The predicted octanol–water partition coefficient (Wildman–Crippen LogP) is 1.92. The fourth-order valence-electron chi connectivity index (χ4n) is 0.925. The Morgan fingerprint density at radius 1 is 1.38 bits per heavy atom. The van der Waals surface area contributed by atoms with E-state index in [1.54, 1.807) is 17.2 Å². The van der Waals surface area contributed by atoms with Gasteiger partial charge in [0.05, 0.1) is 18.1 Å². The summed E-state index contributed by atoms with van der Waals surface area (Å²) in [5, 5.41) is 4.10. The number of aromatic nitrogens is 3. The van der Waals surface area contributed by atoms with Crippen LogP contribution in [0.1, 0.15) is 0 Å². The third-order valence-electron chi connectivity index (χ3n) is 1.46. The summed E-state index contributed by atoms with van der Waals surface area (Å²) in [6, 6.07) is 5.63. The molecule has 13 heavy (non-hydrogen) atoms. The maximum Gasteiger partial charge on any atom is 0.130 e. The molecule has 0 fully saturated rings. The lowest BCUT2D eigenvalue weighted by Gasteiger charge is -2.03. The fraction of sp³-hybridized carbons (Fsp3) is 0. The lowest BCUT2D eigenvalue weighted by molar-refractivity contribution is 0.794. The van der Waals surface area contributed by atoms with Gasteiger partial charge >= 0.3 is 0 Å². The van der Waals surface area contributed by atoms with E-state index in [0.29, 0.717) is 0 Å². The summed E-state index contributed by atoms with van der Waals surface area (Å²) in [5.74, 6) is 0. The van der Waals surface area contributed by atoms with Gasteiger partial charge in [0, 0.05) is 6.20 Å². The molecule has 0 aliphatic carbocycles. The average molecular weight is 239 g/mol. The van der Waals surface area contributed by atoms with Crippen molar-refractivity contribution in [1.82, 2.24) is 14.9 Å². The first-order valence-electron chi connectivity index (χ1n) is 3.73. The van der Waals surface area contributed by atoms with Gasteiger partial charge < -0.3 is 0 Å². The minimum atomic E-state index is 0.795. The summed E-state index contributed by atoms with van der Waals surface area (Å²) in [7, 11) is 0. The maximum atomic E-state index is 4.10. The maximum absolute atomic E-state index is 4.10. The Labute approximate surface area is 83.7 Å². The van der Waals surface area contributed by atoms with Crippen LogP contribution in [-0.2, 0) is 0 Å². The Hall–Kier alpha value is -1.36. The molecule has 0 aliphatic heterocycles. The molecule has 0 unspecified atom stereocenters. The van der Waals surface area contributed by atoms with Crippen molar-refractivity contribution in [2.24, 2.45) is 0 Å². The molecule has 5 heteroatoms. The molecular weight excluding hydrogens is 232 g/mol. The molecule has 0 atom stereocenters. The molecular formula is C8H7BrN4. The third kappa shape index (κ3) is 2.06. The highest BCUT2D eigenvalue weighted by Crippen LogP contribution is 2.06. The quantitative estimate of drug-likeness (QED) is 0.870. The zero-order valence-corrected chi connectivity index (χ0v) is 8.27. The van der Waals surface area contributed by atoms with Gasteiger partial charge in [0.25, 0.3) is 0 Å². The zero-order chi connectivity index (χ0) is 9.10. The Morgan fingerprint density at radius 2 is 2.31 bits per heavy atom. The van der Waals surface area contributed by atoms with E-state index in [4.69, 9.17) is 0 Å². The molecule has 1 N–H and O–H groups in total. The molecule has 0 radical (unpaired) electrons.